The summed E-state index contributed by atoms with van der Waals surface area (Å²) in [6.07, 6.45) is 7.60. The van der Waals surface area contributed by atoms with Gasteiger partial charge in [0.05, 0.1) is 20.9 Å². The summed E-state index contributed by atoms with van der Waals surface area (Å²) in [6, 6.07) is 5.57. The van der Waals surface area contributed by atoms with Crippen molar-refractivity contribution in [2.45, 2.75) is 76.0 Å². The number of halogens is 3. The van der Waals surface area contributed by atoms with Gasteiger partial charge in [0.15, 0.2) is 10.9 Å². The van der Waals surface area contributed by atoms with Gasteiger partial charge < -0.3 is 15.8 Å². The van der Waals surface area contributed by atoms with E-state index in [0.29, 0.717) is 23.0 Å². The van der Waals surface area contributed by atoms with Crippen LogP contribution in [0.15, 0.2) is 18.2 Å². The lowest BCUT2D eigenvalue weighted by Crippen LogP contribution is -2.38. The molecule has 0 aliphatic carbocycles. The largest absolute Gasteiger partial charge is 0.459 e. The molecule has 3 fully saturated rings. The Morgan fingerprint density at radius 3 is 2.61 bits per heavy atom. The summed E-state index contributed by atoms with van der Waals surface area (Å²) in [5.41, 5.74) is 7.62. The van der Waals surface area contributed by atoms with Gasteiger partial charge in [0.2, 0.25) is 0 Å². The first-order chi connectivity index (χ1) is 19.8. The van der Waals surface area contributed by atoms with Gasteiger partial charge in [0.25, 0.3) is 0 Å². The molecule has 3 atom stereocenters. The number of nitrogens with one attached hydrogen (secondary N) is 1. The average molecular weight is 599 g/mol. The van der Waals surface area contributed by atoms with Crippen molar-refractivity contribution in [3.05, 3.63) is 40.6 Å². The van der Waals surface area contributed by atoms with E-state index < -0.39 is 11.6 Å². The minimum Gasteiger partial charge on any atom is -0.459 e. The summed E-state index contributed by atoms with van der Waals surface area (Å²) in [6.45, 7) is 4.89. The number of hydrogen-bond acceptors (Lipinski definition) is 8. The standard InChI is InChI=1S/C30H33ClF2N6OS/c1-15(14-39-9-3-2-4-10-39)40-30-37-25(16-11-17-5-6-18(12-16)35-17)20-13-21(31)23(24(33)26(20)38-30)19-7-8-22(32)28-27(19)36-29(34)41-28/h7-8,13,15-18,35H,2-6,9-12,14H2,1H3,(H2,34,36). The van der Waals surface area contributed by atoms with Gasteiger partial charge in [-0.3, -0.25) is 4.90 Å². The fourth-order valence-electron chi connectivity index (χ4n) is 7.01. The van der Waals surface area contributed by atoms with Crippen LogP contribution in [0.3, 0.4) is 0 Å². The zero-order chi connectivity index (χ0) is 28.2. The number of thiazole rings is 1. The summed E-state index contributed by atoms with van der Waals surface area (Å²) in [4.78, 5) is 16.3. The number of nitrogens with two attached hydrogens (primary N) is 1. The lowest BCUT2D eigenvalue weighted by atomic mass is 9.87. The molecule has 0 amide bonds. The van der Waals surface area contributed by atoms with Gasteiger partial charge in [-0.25, -0.2) is 13.8 Å². The van der Waals surface area contributed by atoms with Crippen LogP contribution in [0.4, 0.5) is 13.9 Å². The molecule has 2 aromatic carbocycles. The Balaban J connectivity index is 1.34. The lowest BCUT2D eigenvalue weighted by molar-refractivity contribution is 0.122. The Morgan fingerprint density at radius 1 is 1.10 bits per heavy atom. The second-order valence-corrected chi connectivity index (χ2v) is 13.2. The van der Waals surface area contributed by atoms with E-state index in [2.05, 4.69) is 20.2 Å². The molecular weight excluding hydrogens is 566 g/mol. The molecular formula is C30H33ClF2N6OS. The summed E-state index contributed by atoms with van der Waals surface area (Å²) in [7, 11) is 0. The highest BCUT2D eigenvalue weighted by Gasteiger charge is 2.36. The first-order valence-corrected chi connectivity index (χ1v) is 15.7. The van der Waals surface area contributed by atoms with E-state index in [-0.39, 0.29) is 49.5 Å². The molecule has 2 aromatic heterocycles. The van der Waals surface area contributed by atoms with E-state index in [1.165, 1.54) is 31.4 Å². The van der Waals surface area contributed by atoms with Crippen LogP contribution in [0.25, 0.3) is 32.2 Å². The molecule has 5 heterocycles. The van der Waals surface area contributed by atoms with Crippen LogP contribution < -0.4 is 15.8 Å². The predicted molar refractivity (Wildman–Crippen MR) is 160 cm³/mol. The molecule has 41 heavy (non-hydrogen) atoms. The SMILES string of the molecule is CC(CN1CCCCC1)Oc1nc(C2CC3CCC(C2)N3)c2cc(Cl)c(-c3ccc(F)c4sc(N)nc34)c(F)c2n1. The first kappa shape index (κ1) is 27.2. The smallest absolute Gasteiger partial charge is 0.317 e. The second-order valence-electron chi connectivity index (χ2n) is 11.8. The van der Waals surface area contributed by atoms with Gasteiger partial charge in [-0.2, -0.15) is 9.97 Å². The summed E-state index contributed by atoms with van der Waals surface area (Å²) in [5, 5.41) is 4.67. The van der Waals surface area contributed by atoms with Crippen molar-refractivity contribution in [3.8, 4) is 17.1 Å². The molecule has 3 aliphatic heterocycles. The number of hydrogen-bond donors (Lipinski definition) is 2. The van der Waals surface area contributed by atoms with Crippen molar-refractivity contribution in [1.82, 2.24) is 25.2 Å². The molecule has 3 saturated heterocycles. The van der Waals surface area contributed by atoms with E-state index in [0.717, 1.165) is 62.3 Å². The van der Waals surface area contributed by atoms with Crippen LogP contribution in [0, 0.1) is 11.6 Å². The molecule has 11 heteroatoms. The third kappa shape index (κ3) is 5.13. The molecule has 3 unspecified atom stereocenters. The normalized spacial score (nSPS) is 23.9. The first-order valence-electron chi connectivity index (χ1n) is 14.5. The zero-order valence-electron chi connectivity index (χ0n) is 22.9. The van der Waals surface area contributed by atoms with Crippen molar-refractivity contribution in [1.29, 1.82) is 0 Å². The van der Waals surface area contributed by atoms with Gasteiger partial charge in [-0.05, 0) is 76.7 Å². The van der Waals surface area contributed by atoms with Crippen LogP contribution in [0.2, 0.25) is 5.02 Å². The molecule has 7 nitrogen and oxygen atoms in total. The maximum absolute atomic E-state index is 16.7. The number of benzene rings is 2. The highest BCUT2D eigenvalue weighted by Crippen LogP contribution is 2.44. The number of ether oxygens (including phenoxy) is 1. The van der Waals surface area contributed by atoms with Crippen molar-refractivity contribution in [3.63, 3.8) is 0 Å². The maximum Gasteiger partial charge on any atom is 0.317 e. The summed E-state index contributed by atoms with van der Waals surface area (Å²) in [5.74, 6) is -0.920. The van der Waals surface area contributed by atoms with E-state index in [1.807, 2.05) is 6.92 Å². The number of fused-ring (bicyclic) bond motifs is 4. The molecule has 2 bridgehead atoms. The number of nitrogens with zero attached hydrogens (tertiary/aromatic N) is 4. The van der Waals surface area contributed by atoms with Crippen molar-refractivity contribution >= 4 is 49.2 Å². The third-order valence-electron chi connectivity index (χ3n) is 8.80. The number of anilines is 1. The maximum atomic E-state index is 16.7. The highest BCUT2D eigenvalue weighted by atomic mass is 35.5. The van der Waals surface area contributed by atoms with Crippen LogP contribution in [-0.4, -0.2) is 57.7 Å². The zero-order valence-corrected chi connectivity index (χ0v) is 24.5. The Labute approximate surface area is 246 Å². The van der Waals surface area contributed by atoms with Crippen molar-refractivity contribution < 1.29 is 13.5 Å². The molecule has 0 radical (unpaired) electrons. The van der Waals surface area contributed by atoms with Crippen LogP contribution >= 0.6 is 22.9 Å². The molecule has 4 aromatic rings. The molecule has 3 N–H and O–H groups in total. The number of nitrogen functional groups attached to an aromatic ring is 1. The summed E-state index contributed by atoms with van der Waals surface area (Å²) >= 11 is 7.83. The third-order valence-corrected chi connectivity index (χ3v) is 9.99. The van der Waals surface area contributed by atoms with Gasteiger partial charge in [0.1, 0.15) is 17.4 Å². The van der Waals surface area contributed by atoms with Crippen LogP contribution in [0.1, 0.15) is 63.5 Å². The molecule has 0 spiro atoms. The number of aromatic nitrogens is 3. The fourth-order valence-corrected chi connectivity index (χ4v) is 8.06. The minimum absolute atomic E-state index is 0.122. The van der Waals surface area contributed by atoms with Gasteiger partial charge >= 0.3 is 6.01 Å². The molecule has 216 valence electrons. The Morgan fingerprint density at radius 2 is 1.85 bits per heavy atom. The van der Waals surface area contributed by atoms with Gasteiger partial charge in [0, 0.05) is 41.1 Å². The highest BCUT2D eigenvalue weighted by molar-refractivity contribution is 7.22. The topological polar surface area (TPSA) is 89.2 Å². The van der Waals surface area contributed by atoms with Crippen LogP contribution in [-0.2, 0) is 0 Å². The fraction of sp³-hybridized carbons (Fsp3) is 0.500. The minimum atomic E-state index is -0.596. The van der Waals surface area contributed by atoms with Crippen molar-refractivity contribution in [2.75, 3.05) is 25.4 Å². The number of rotatable bonds is 6. The van der Waals surface area contributed by atoms with Crippen LogP contribution in [0.5, 0.6) is 6.01 Å². The van der Waals surface area contributed by atoms with E-state index >= 15 is 4.39 Å². The van der Waals surface area contributed by atoms with E-state index in [4.69, 9.17) is 27.1 Å². The predicted octanol–water partition coefficient (Wildman–Crippen LogP) is 6.67. The number of piperidine rings is 2. The molecule has 3 aliphatic rings. The van der Waals surface area contributed by atoms with Gasteiger partial charge in [-0.15, -0.1) is 0 Å². The summed E-state index contributed by atoms with van der Waals surface area (Å²) < 4.78 is 37.8. The van der Waals surface area contributed by atoms with Gasteiger partial charge in [-0.1, -0.05) is 29.4 Å². The van der Waals surface area contributed by atoms with E-state index in [9.17, 15) is 4.39 Å². The second kappa shape index (κ2) is 10.9. The Hall–Kier alpha value is -2.66. The van der Waals surface area contributed by atoms with E-state index in [1.54, 1.807) is 6.07 Å². The average Bonchev–Trinajstić information content (AvgIpc) is 3.51. The Bertz CT molecular complexity index is 1610. The Kier molecular flexibility index (Phi) is 7.21. The molecule has 7 rings (SSSR count). The monoisotopic (exact) mass is 598 g/mol. The quantitative estimate of drug-likeness (QED) is 0.256. The number of likely N-dealkylation sites (tertiary alicyclic amines) is 1. The lowest BCUT2D eigenvalue weighted by Gasteiger charge is -2.30. The molecule has 0 saturated carbocycles. The van der Waals surface area contributed by atoms with Crippen molar-refractivity contribution in [2.24, 2.45) is 0 Å².